The van der Waals surface area contributed by atoms with Gasteiger partial charge in [-0.2, -0.15) is 0 Å². The summed E-state index contributed by atoms with van der Waals surface area (Å²) >= 11 is 0. The van der Waals surface area contributed by atoms with Gasteiger partial charge >= 0.3 is 0 Å². The average Bonchev–Trinajstić information content (AvgIpc) is 2.69. The highest BCUT2D eigenvalue weighted by Crippen LogP contribution is 2.32. The molecule has 1 aromatic heterocycles. The first-order valence-electron chi connectivity index (χ1n) is 10.2. The third-order valence-corrected chi connectivity index (χ3v) is 5.42. The molecule has 0 N–H and O–H groups in total. The zero-order chi connectivity index (χ0) is 20.0. The Morgan fingerprint density at radius 2 is 1.71 bits per heavy atom. The predicted molar refractivity (Wildman–Crippen MR) is 111 cm³/mol. The zero-order valence-electron chi connectivity index (χ0n) is 17.6. The molecule has 5 nitrogen and oxygen atoms in total. The van der Waals surface area contributed by atoms with Gasteiger partial charge in [0.05, 0.1) is 5.60 Å². The van der Waals surface area contributed by atoms with Crippen molar-refractivity contribution in [3.63, 3.8) is 0 Å². The Hall–Kier alpha value is -1.98. The smallest absolute Gasteiger partial charge is 0.237 e. The lowest BCUT2D eigenvalue weighted by atomic mass is 9.85. The second kappa shape index (κ2) is 9.01. The second-order valence-corrected chi connectivity index (χ2v) is 8.67. The Labute approximate surface area is 169 Å². The van der Waals surface area contributed by atoms with Gasteiger partial charge in [-0.3, -0.25) is 9.88 Å². The maximum absolute atomic E-state index is 6.01. The Bertz CT molecular complexity index is 735. The van der Waals surface area contributed by atoms with Gasteiger partial charge in [0.2, 0.25) is 5.88 Å². The Morgan fingerprint density at radius 1 is 1.04 bits per heavy atom. The molecule has 1 fully saturated rings. The standard InChI is InChI=1S/C23H33N3O2/c1-22(2,3)28-21-20(24-14-15-25-21)18-26-16-12-23(27-4,13-17-26)11-10-19-8-6-5-7-9-19/h5-9,14-15H,10-13,16-18H2,1-4H3. The van der Waals surface area contributed by atoms with Crippen LogP contribution in [0, 0.1) is 0 Å². The van der Waals surface area contributed by atoms with Crippen molar-refractivity contribution in [3.8, 4) is 5.88 Å². The van der Waals surface area contributed by atoms with Crippen LogP contribution in [0.5, 0.6) is 5.88 Å². The maximum atomic E-state index is 6.01. The van der Waals surface area contributed by atoms with Crippen LogP contribution in [0.2, 0.25) is 0 Å². The molecule has 1 aromatic carbocycles. The third kappa shape index (κ3) is 5.76. The SMILES string of the molecule is COC1(CCc2ccccc2)CCN(Cc2nccnc2OC(C)(C)C)CC1. The van der Waals surface area contributed by atoms with E-state index in [4.69, 9.17) is 9.47 Å². The Balaban J connectivity index is 1.57. The molecular formula is C23H33N3O2. The van der Waals surface area contributed by atoms with Gasteiger partial charge in [0.1, 0.15) is 11.3 Å². The lowest BCUT2D eigenvalue weighted by Crippen LogP contribution is -2.45. The fraction of sp³-hybridized carbons (Fsp3) is 0.565. The molecule has 5 heteroatoms. The molecule has 1 aliphatic rings. The Morgan fingerprint density at radius 3 is 2.36 bits per heavy atom. The van der Waals surface area contributed by atoms with Crippen LogP contribution in [0.15, 0.2) is 42.7 Å². The number of aromatic nitrogens is 2. The van der Waals surface area contributed by atoms with Gasteiger partial charge in [-0.25, -0.2) is 4.98 Å². The fourth-order valence-corrected chi connectivity index (χ4v) is 3.74. The van der Waals surface area contributed by atoms with Crippen LogP contribution in [0.25, 0.3) is 0 Å². The number of piperidine rings is 1. The van der Waals surface area contributed by atoms with Gasteiger partial charge < -0.3 is 9.47 Å². The highest BCUT2D eigenvalue weighted by atomic mass is 16.5. The van der Waals surface area contributed by atoms with Crippen LogP contribution in [-0.4, -0.2) is 46.3 Å². The maximum Gasteiger partial charge on any atom is 0.237 e. The molecule has 152 valence electrons. The molecule has 28 heavy (non-hydrogen) atoms. The van der Waals surface area contributed by atoms with E-state index in [1.807, 2.05) is 27.9 Å². The molecule has 1 saturated heterocycles. The van der Waals surface area contributed by atoms with Crippen LogP contribution in [-0.2, 0) is 17.7 Å². The van der Waals surface area contributed by atoms with E-state index in [1.165, 1.54) is 5.56 Å². The quantitative estimate of drug-likeness (QED) is 0.715. The molecule has 3 rings (SSSR count). The predicted octanol–water partition coefficient (Wildman–Crippen LogP) is 4.27. The summed E-state index contributed by atoms with van der Waals surface area (Å²) in [6.45, 7) is 8.85. The van der Waals surface area contributed by atoms with Crippen molar-refractivity contribution in [3.05, 3.63) is 54.0 Å². The fourth-order valence-electron chi connectivity index (χ4n) is 3.74. The molecule has 0 saturated carbocycles. The molecule has 0 atom stereocenters. The number of benzene rings is 1. The monoisotopic (exact) mass is 383 g/mol. The molecule has 2 heterocycles. The number of methoxy groups -OCH3 is 1. The minimum Gasteiger partial charge on any atom is -0.471 e. The molecule has 0 amide bonds. The Kier molecular flexibility index (Phi) is 6.68. The number of ether oxygens (including phenoxy) is 2. The van der Waals surface area contributed by atoms with Crippen molar-refractivity contribution >= 4 is 0 Å². The topological polar surface area (TPSA) is 47.5 Å². The average molecular weight is 384 g/mol. The summed E-state index contributed by atoms with van der Waals surface area (Å²) in [5.74, 6) is 0.641. The first kappa shape index (κ1) is 20.7. The largest absolute Gasteiger partial charge is 0.471 e. The summed E-state index contributed by atoms with van der Waals surface area (Å²) in [5.41, 5.74) is 1.98. The molecular weight excluding hydrogens is 350 g/mol. The molecule has 0 spiro atoms. The van der Waals surface area contributed by atoms with Gasteiger partial charge in [-0.15, -0.1) is 0 Å². The van der Waals surface area contributed by atoms with Crippen molar-refractivity contribution in [1.29, 1.82) is 0 Å². The summed E-state index contributed by atoms with van der Waals surface area (Å²) < 4.78 is 12.0. The summed E-state index contributed by atoms with van der Waals surface area (Å²) in [6, 6.07) is 10.7. The van der Waals surface area contributed by atoms with Gasteiger partial charge in [0.25, 0.3) is 0 Å². The van der Waals surface area contributed by atoms with Gasteiger partial charge in [-0.1, -0.05) is 30.3 Å². The van der Waals surface area contributed by atoms with Crippen LogP contribution in [0.4, 0.5) is 0 Å². The van der Waals surface area contributed by atoms with E-state index in [0.717, 1.165) is 51.0 Å². The highest BCUT2D eigenvalue weighted by Gasteiger charge is 2.34. The summed E-state index contributed by atoms with van der Waals surface area (Å²) in [4.78, 5) is 11.4. The van der Waals surface area contributed by atoms with Crippen LogP contribution in [0.1, 0.15) is 51.3 Å². The van der Waals surface area contributed by atoms with Crippen molar-refractivity contribution in [2.75, 3.05) is 20.2 Å². The highest BCUT2D eigenvalue weighted by molar-refractivity contribution is 5.18. The first-order chi connectivity index (χ1) is 13.4. The molecule has 0 bridgehead atoms. The van der Waals surface area contributed by atoms with E-state index in [0.29, 0.717) is 5.88 Å². The van der Waals surface area contributed by atoms with E-state index >= 15 is 0 Å². The normalized spacial score (nSPS) is 17.4. The van der Waals surface area contributed by atoms with Crippen molar-refractivity contribution in [2.45, 2.75) is 64.2 Å². The number of likely N-dealkylation sites (tertiary alicyclic amines) is 1. The van der Waals surface area contributed by atoms with E-state index in [-0.39, 0.29) is 11.2 Å². The molecule has 0 unspecified atom stereocenters. The lowest BCUT2D eigenvalue weighted by Gasteiger charge is -2.41. The number of rotatable bonds is 7. The van der Waals surface area contributed by atoms with Crippen molar-refractivity contribution in [1.82, 2.24) is 14.9 Å². The second-order valence-electron chi connectivity index (χ2n) is 8.67. The van der Waals surface area contributed by atoms with Crippen molar-refractivity contribution in [2.24, 2.45) is 0 Å². The van der Waals surface area contributed by atoms with E-state index in [2.05, 4.69) is 45.2 Å². The number of nitrogens with zero attached hydrogens (tertiary/aromatic N) is 3. The van der Waals surface area contributed by atoms with E-state index in [9.17, 15) is 0 Å². The number of hydrogen-bond donors (Lipinski definition) is 0. The van der Waals surface area contributed by atoms with Gasteiger partial charge in [-0.05, 0) is 52.0 Å². The van der Waals surface area contributed by atoms with Crippen LogP contribution in [0.3, 0.4) is 0 Å². The summed E-state index contributed by atoms with van der Waals surface area (Å²) in [6.07, 6.45) is 7.62. The molecule has 0 aliphatic carbocycles. The minimum atomic E-state index is -0.282. The van der Waals surface area contributed by atoms with Gasteiger partial charge in [0.15, 0.2) is 0 Å². The van der Waals surface area contributed by atoms with E-state index < -0.39 is 0 Å². The molecule has 0 radical (unpaired) electrons. The zero-order valence-corrected chi connectivity index (χ0v) is 17.6. The van der Waals surface area contributed by atoms with E-state index in [1.54, 1.807) is 12.4 Å². The van der Waals surface area contributed by atoms with Crippen LogP contribution < -0.4 is 4.74 Å². The third-order valence-electron chi connectivity index (χ3n) is 5.42. The number of aryl methyl sites for hydroxylation is 1. The number of hydrogen-bond acceptors (Lipinski definition) is 5. The molecule has 2 aromatic rings. The lowest BCUT2D eigenvalue weighted by molar-refractivity contribution is -0.0639. The van der Waals surface area contributed by atoms with Crippen LogP contribution >= 0.6 is 0 Å². The molecule has 1 aliphatic heterocycles. The summed E-state index contributed by atoms with van der Waals surface area (Å²) in [7, 11) is 1.86. The van der Waals surface area contributed by atoms with Gasteiger partial charge in [0, 0.05) is 39.1 Å². The van der Waals surface area contributed by atoms with Crippen molar-refractivity contribution < 1.29 is 9.47 Å². The minimum absolute atomic E-state index is 0.0283. The first-order valence-corrected chi connectivity index (χ1v) is 10.2. The summed E-state index contributed by atoms with van der Waals surface area (Å²) in [5, 5.41) is 0.